The first-order chi connectivity index (χ1) is 8.85. The van der Waals surface area contributed by atoms with Crippen LogP contribution in [-0.2, 0) is 10.0 Å². The molecule has 0 spiro atoms. The van der Waals surface area contributed by atoms with Gasteiger partial charge in [-0.3, -0.25) is 0 Å². The number of carbonyl (C=O) groups excluding carboxylic acids is 1. The molecule has 1 aliphatic heterocycles. The molecule has 0 aromatic carbocycles. The van der Waals surface area contributed by atoms with Crippen molar-refractivity contribution in [3.05, 3.63) is 0 Å². The highest BCUT2D eigenvalue weighted by Crippen LogP contribution is 2.32. The summed E-state index contributed by atoms with van der Waals surface area (Å²) < 4.78 is 25.0. The lowest BCUT2D eigenvalue weighted by molar-refractivity contribution is 0.173. The van der Waals surface area contributed by atoms with Crippen LogP contribution >= 0.6 is 0 Å². The maximum atomic E-state index is 12.1. The number of rotatable bonds is 4. The Hall–Kier alpha value is -0.820. The molecular formula is C12H23N3O3S. The Labute approximate surface area is 115 Å². The first kappa shape index (κ1) is 14.6. The third-order valence-corrected chi connectivity index (χ3v) is 4.53. The van der Waals surface area contributed by atoms with Crippen LogP contribution in [0.25, 0.3) is 0 Å². The van der Waals surface area contributed by atoms with Crippen LogP contribution in [-0.4, -0.2) is 50.8 Å². The van der Waals surface area contributed by atoms with Gasteiger partial charge in [0, 0.05) is 25.2 Å². The topological polar surface area (TPSA) is 78.5 Å². The van der Waals surface area contributed by atoms with Crippen LogP contribution in [0.5, 0.6) is 0 Å². The number of amides is 2. The number of nitrogens with zero attached hydrogens (tertiary/aromatic N) is 1. The molecule has 2 fully saturated rings. The molecule has 2 aliphatic rings. The van der Waals surface area contributed by atoms with E-state index in [1.807, 2.05) is 6.92 Å². The first-order valence-electron chi connectivity index (χ1n) is 6.88. The molecule has 0 aromatic rings. The van der Waals surface area contributed by atoms with E-state index in [4.69, 9.17) is 0 Å². The monoisotopic (exact) mass is 289 g/mol. The van der Waals surface area contributed by atoms with Gasteiger partial charge < -0.3 is 10.2 Å². The molecule has 1 heterocycles. The molecule has 0 aromatic heterocycles. The molecule has 2 rings (SSSR count). The number of nitrogens with one attached hydrogen (secondary N) is 2. The summed E-state index contributed by atoms with van der Waals surface area (Å²) in [5, 5.41) is 3.00. The van der Waals surface area contributed by atoms with Crippen molar-refractivity contribution in [2.45, 2.75) is 44.7 Å². The SMILES string of the molecule is C[C@@H](NC(=O)N1CCC[C@H](NS(C)(=O)=O)C1)C1CC1. The van der Waals surface area contributed by atoms with Gasteiger partial charge in [-0.15, -0.1) is 0 Å². The van der Waals surface area contributed by atoms with Crippen LogP contribution < -0.4 is 10.0 Å². The van der Waals surface area contributed by atoms with E-state index in [-0.39, 0.29) is 18.1 Å². The van der Waals surface area contributed by atoms with Gasteiger partial charge >= 0.3 is 6.03 Å². The zero-order chi connectivity index (χ0) is 14.0. The van der Waals surface area contributed by atoms with Gasteiger partial charge in [-0.2, -0.15) is 0 Å². The zero-order valence-corrected chi connectivity index (χ0v) is 12.4. The minimum atomic E-state index is -3.21. The van der Waals surface area contributed by atoms with E-state index in [0.29, 0.717) is 19.0 Å². The van der Waals surface area contributed by atoms with Gasteiger partial charge in [0.1, 0.15) is 0 Å². The summed E-state index contributed by atoms with van der Waals surface area (Å²) in [6.07, 6.45) is 5.16. The number of urea groups is 1. The Morgan fingerprint density at radius 1 is 1.32 bits per heavy atom. The van der Waals surface area contributed by atoms with Crippen LogP contribution in [0.15, 0.2) is 0 Å². The summed E-state index contributed by atoms with van der Waals surface area (Å²) in [5.41, 5.74) is 0. The average Bonchev–Trinajstić information content (AvgIpc) is 3.10. The lowest BCUT2D eigenvalue weighted by atomic mass is 10.1. The number of likely N-dealkylation sites (tertiary alicyclic amines) is 1. The highest BCUT2D eigenvalue weighted by Gasteiger charge is 2.31. The molecule has 7 heteroatoms. The van der Waals surface area contributed by atoms with Gasteiger partial charge in [0.15, 0.2) is 0 Å². The molecule has 1 aliphatic carbocycles. The van der Waals surface area contributed by atoms with E-state index >= 15 is 0 Å². The minimum absolute atomic E-state index is 0.0700. The first-order valence-corrected chi connectivity index (χ1v) is 8.77. The Kier molecular flexibility index (Phi) is 4.35. The molecule has 0 unspecified atom stereocenters. The second kappa shape index (κ2) is 5.66. The van der Waals surface area contributed by atoms with Crippen molar-refractivity contribution < 1.29 is 13.2 Å². The Balaban J connectivity index is 1.84. The third kappa shape index (κ3) is 4.65. The van der Waals surface area contributed by atoms with E-state index in [1.54, 1.807) is 4.90 Å². The van der Waals surface area contributed by atoms with Crippen molar-refractivity contribution in [2.75, 3.05) is 19.3 Å². The number of hydrogen-bond donors (Lipinski definition) is 2. The lowest BCUT2D eigenvalue weighted by Crippen LogP contribution is -2.53. The lowest BCUT2D eigenvalue weighted by Gasteiger charge is -2.33. The van der Waals surface area contributed by atoms with Gasteiger partial charge in [0.05, 0.1) is 6.26 Å². The predicted molar refractivity (Wildman–Crippen MR) is 73.3 cm³/mol. The van der Waals surface area contributed by atoms with Crippen LogP contribution in [0.1, 0.15) is 32.6 Å². The molecule has 6 nitrogen and oxygen atoms in total. The molecule has 110 valence electrons. The second-order valence-electron chi connectivity index (χ2n) is 5.75. The molecule has 2 amide bonds. The van der Waals surface area contributed by atoms with Crippen molar-refractivity contribution in [3.8, 4) is 0 Å². The van der Waals surface area contributed by atoms with Gasteiger partial charge in [-0.25, -0.2) is 17.9 Å². The third-order valence-electron chi connectivity index (χ3n) is 3.77. The highest BCUT2D eigenvalue weighted by atomic mass is 32.2. The normalized spacial score (nSPS) is 26.0. The number of piperidine rings is 1. The zero-order valence-electron chi connectivity index (χ0n) is 11.6. The average molecular weight is 289 g/mol. The molecule has 1 saturated heterocycles. The van der Waals surface area contributed by atoms with E-state index < -0.39 is 10.0 Å². The maximum Gasteiger partial charge on any atom is 0.317 e. The van der Waals surface area contributed by atoms with Gasteiger partial charge in [0.2, 0.25) is 10.0 Å². The molecular weight excluding hydrogens is 266 g/mol. The van der Waals surface area contributed by atoms with E-state index in [2.05, 4.69) is 10.0 Å². The number of carbonyl (C=O) groups is 1. The van der Waals surface area contributed by atoms with Crippen LogP contribution in [0.3, 0.4) is 0 Å². The summed E-state index contributed by atoms with van der Waals surface area (Å²) in [6, 6.07) is -0.0131. The Morgan fingerprint density at radius 3 is 2.58 bits per heavy atom. The smallest absolute Gasteiger partial charge is 0.317 e. The fourth-order valence-corrected chi connectivity index (χ4v) is 3.36. The summed E-state index contributed by atoms with van der Waals surface area (Å²) in [7, 11) is -3.21. The molecule has 2 atom stereocenters. The number of hydrogen-bond acceptors (Lipinski definition) is 3. The maximum absolute atomic E-state index is 12.1. The van der Waals surface area contributed by atoms with Crippen molar-refractivity contribution >= 4 is 16.1 Å². The predicted octanol–water partition coefficient (Wildman–Crippen LogP) is 0.508. The molecule has 19 heavy (non-hydrogen) atoms. The van der Waals surface area contributed by atoms with Crippen LogP contribution in [0, 0.1) is 5.92 Å². The fourth-order valence-electron chi connectivity index (χ4n) is 2.56. The van der Waals surface area contributed by atoms with E-state index in [0.717, 1.165) is 19.1 Å². The van der Waals surface area contributed by atoms with Crippen molar-refractivity contribution in [1.82, 2.24) is 14.9 Å². The summed E-state index contributed by atoms with van der Waals surface area (Å²) in [5.74, 6) is 0.624. The number of sulfonamides is 1. The van der Waals surface area contributed by atoms with Gasteiger partial charge in [-0.1, -0.05) is 0 Å². The van der Waals surface area contributed by atoms with Crippen LogP contribution in [0.2, 0.25) is 0 Å². The standard InChI is InChI=1S/C12H23N3O3S/c1-9(10-5-6-10)13-12(16)15-7-3-4-11(8-15)14-19(2,17)18/h9-11,14H,3-8H2,1-2H3,(H,13,16)/t9-,11+/m1/s1. The Morgan fingerprint density at radius 2 is 2.00 bits per heavy atom. The largest absolute Gasteiger partial charge is 0.335 e. The quantitative estimate of drug-likeness (QED) is 0.791. The van der Waals surface area contributed by atoms with Crippen molar-refractivity contribution in [1.29, 1.82) is 0 Å². The summed E-state index contributed by atoms with van der Waals surface area (Å²) >= 11 is 0. The minimum Gasteiger partial charge on any atom is -0.335 e. The van der Waals surface area contributed by atoms with E-state index in [9.17, 15) is 13.2 Å². The molecule has 1 saturated carbocycles. The van der Waals surface area contributed by atoms with Gasteiger partial charge in [0.25, 0.3) is 0 Å². The Bertz CT molecular complexity index is 434. The van der Waals surface area contributed by atoms with Crippen molar-refractivity contribution in [2.24, 2.45) is 5.92 Å². The summed E-state index contributed by atoms with van der Waals surface area (Å²) in [6.45, 7) is 3.19. The molecule has 0 radical (unpaired) electrons. The summed E-state index contributed by atoms with van der Waals surface area (Å²) in [4.78, 5) is 13.8. The fraction of sp³-hybridized carbons (Fsp3) is 0.917. The molecule has 2 N–H and O–H groups in total. The molecule has 0 bridgehead atoms. The van der Waals surface area contributed by atoms with Crippen LogP contribution in [0.4, 0.5) is 4.79 Å². The highest BCUT2D eigenvalue weighted by molar-refractivity contribution is 7.88. The van der Waals surface area contributed by atoms with Gasteiger partial charge in [-0.05, 0) is 38.5 Å². The van der Waals surface area contributed by atoms with E-state index in [1.165, 1.54) is 12.8 Å². The second-order valence-corrected chi connectivity index (χ2v) is 7.53. The van der Waals surface area contributed by atoms with Crippen molar-refractivity contribution in [3.63, 3.8) is 0 Å².